The Bertz CT molecular complexity index is 365. The summed E-state index contributed by atoms with van der Waals surface area (Å²) in [5.41, 5.74) is 0. The van der Waals surface area contributed by atoms with Crippen LogP contribution >= 0.6 is 0 Å². The minimum Gasteiger partial charge on any atom is -0.314 e. The fourth-order valence-corrected chi connectivity index (χ4v) is 3.74. The van der Waals surface area contributed by atoms with E-state index in [1.807, 2.05) is 0 Å². The van der Waals surface area contributed by atoms with Crippen molar-refractivity contribution in [1.82, 2.24) is 9.62 Å². The zero-order chi connectivity index (χ0) is 13.2. The van der Waals surface area contributed by atoms with E-state index in [4.69, 9.17) is 0 Å². The van der Waals surface area contributed by atoms with Crippen LogP contribution in [0.1, 0.15) is 39.0 Å². The quantitative estimate of drug-likeness (QED) is 0.797. The van der Waals surface area contributed by atoms with Gasteiger partial charge in [-0.15, -0.1) is 0 Å². The third-order valence-corrected chi connectivity index (χ3v) is 5.36. The summed E-state index contributed by atoms with van der Waals surface area (Å²) in [5, 5.41) is 3.57. The Kier molecular flexibility index (Phi) is 4.67. The second kappa shape index (κ2) is 5.88. The third kappa shape index (κ3) is 4.52. The lowest BCUT2D eigenvalue weighted by molar-refractivity contribution is 0.254. The fraction of sp³-hybridized carbons (Fsp3) is 1.00. The van der Waals surface area contributed by atoms with Crippen LogP contribution in [-0.4, -0.2) is 44.7 Å². The molecule has 0 bridgehead atoms. The number of hydrogen-bond donors (Lipinski definition) is 1. The van der Waals surface area contributed by atoms with Crippen molar-refractivity contribution in [2.75, 3.05) is 25.9 Å². The molecule has 5 heteroatoms. The first kappa shape index (κ1) is 14.3. The van der Waals surface area contributed by atoms with Crippen molar-refractivity contribution < 1.29 is 8.42 Å². The van der Waals surface area contributed by atoms with Crippen LogP contribution < -0.4 is 5.32 Å². The summed E-state index contributed by atoms with van der Waals surface area (Å²) >= 11 is 0. The fourth-order valence-electron chi connectivity index (χ4n) is 2.80. The maximum absolute atomic E-state index is 11.5. The molecular weight excluding hydrogens is 248 g/mol. The van der Waals surface area contributed by atoms with Crippen molar-refractivity contribution in [2.24, 2.45) is 11.8 Å². The molecule has 0 aromatic rings. The van der Waals surface area contributed by atoms with Crippen molar-refractivity contribution in [3.05, 3.63) is 0 Å². The Morgan fingerprint density at radius 3 is 2.61 bits per heavy atom. The highest BCUT2D eigenvalue weighted by atomic mass is 32.2. The molecule has 1 heterocycles. The van der Waals surface area contributed by atoms with Gasteiger partial charge in [0.05, 0.1) is 6.26 Å². The van der Waals surface area contributed by atoms with Gasteiger partial charge in [-0.2, -0.15) is 0 Å². The van der Waals surface area contributed by atoms with Crippen LogP contribution in [-0.2, 0) is 10.0 Å². The van der Waals surface area contributed by atoms with Crippen LogP contribution in [0.25, 0.3) is 0 Å². The van der Waals surface area contributed by atoms with Gasteiger partial charge in [0.25, 0.3) is 0 Å². The highest BCUT2D eigenvalue weighted by Gasteiger charge is 2.27. The largest absolute Gasteiger partial charge is 0.314 e. The molecular formula is C13H26N2O2S. The molecule has 2 aliphatic rings. The number of nitrogens with zero attached hydrogens (tertiary/aromatic N) is 1. The number of piperidine rings is 1. The summed E-state index contributed by atoms with van der Waals surface area (Å²) in [6, 6.07) is 0.575. The van der Waals surface area contributed by atoms with E-state index in [1.54, 1.807) is 4.31 Å². The molecule has 4 nitrogen and oxygen atoms in total. The van der Waals surface area contributed by atoms with E-state index in [2.05, 4.69) is 12.2 Å². The Labute approximate surface area is 111 Å². The first-order valence-electron chi connectivity index (χ1n) is 7.13. The lowest BCUT2D eigenvalue weighted by Gasteiger charge is -2.31. The van der Waals surface area contributed by atoms with Crippen LogP contribution in [0.3, 0.4) is 0 Å². The number of hydrogen-bond acceptors (Lipinski definition) is 3. The second-order valence-electron chi connectivity index (χ2n) is 6.12. The summed E-state index contributed by atoms with van der Waals surface area (Å²) in [6.07, 6.45) is 7.54. The summed E-state index contributed by atoms with van der Waals surface area (Å²) in [4.78, 5) is 0. The highest BCUT2D eigenvalue weighted by Crippen LogP contribution is 2.33. The van der Waals surface area contributed by atoms with E-state index in [1.165, 1.54) is 25.5 Å². The van der Waals surface area contributed by atoms with Crippen molar-refractivity contribution in [3.63, 3.8) is 0 Å². The van der Waals surface area contributed by atoms with Gasteiger partial charge in [0.2, 0.25) is 10.0 Å². The van der Waals surface area contributed by atoms with Crippen LogP contribution in [0.5, 0.6) is 0 Å². The molecule has 1 aliphatic carbocycles. The van der Waals surface area contributed by atoms with Crippen LogP contribution in [0, 0.1) is 11.8 Å². The number of nitrogens with one attached hydrogen (secondary N) is 1. The highest BCUT2D eigenvalue weighted by molar-refractivity contribution is 7.88. The average Bonchev–Trinajstić information content (AvgIpc) is 3.10. The minimum absolute atomic E-state index is 0.482. The first-order valence-corrected chi connectivity index (χ1v) is 8.98. The normalized spacial score (nSPS) is 28.2. The van der Waals surface area contributed by atoms with E-state index in [9.17, 15) is 8.42 Å². The standard InChI is InChI=1S/C13H26N2O2S/c1-11(8-12-5-6-12)14-9-13-4-3-7-15(10-13)18(2,16)17/h11-14H,3-10H2,1-2H3. The van der Waals surface area contributed by atoms with E-state index in [0.717, 1.165) is 25.3 Å². The van der Waals surface area contributed by atoms with Gasteiger partial charge in [-0.25, -0.2) is 12.7 Å². The predicted molar refractivity (Wildman–Crippen MR) is 73.9 cm³/mol. The number of rotatable bonds is 6. The Morgan fingerprint density at radius 2 is 2.00 bits per heavy atom. The zero-order valence-electron chi connectivity index (χ0n) is 11.6. The summed E-state index contributed by atoms with van der Waals surface area (Å²) in [6.45, 7) is 4.60. The SMILES string of the molecule is CC(CC1CC1)NCC1CCCN(S(C)(=O)=O)C1. The van der Waals surface area contributed by atoms with Crippen molar-refractivity contribution in [2.45, 2.75) is 45.1 Å². The van der Waals surface area contributed by atoms with E-state index >= 15 is 0 Å². The van der Waals surface area contributed by atoms with E-state index < -0.39 is 10.0 Å². The van der Waals surface area contributed by atoms with Crippen LogP contribution in [0.2, 0.25) is 0 Å². The molecule has 0 radical (unpaired) electrons. The van der Waals surface area contributed by atoms with Crippen molar-refractivity contribution >= 4 is 10.0 Å². The molecule has 1 N–H and O–H groups in total. The maximum atomic E-state index is 11.5. The molecule has 0 spiro atoms. The average molecular weight is 274 g/mol. The molecule has 2 unspecified atom stereocenters. The van der Waals surface area contributed by atoms with E-state index in [0.29, 0.717) is 25.0 Å². The monoisotopic (exact) mass is 274 g/mol. The van der Waals surface area contributed by atoms with Gasteiger partial charge in [0.1, 0.15) is 0 Å². The zero-order valence-corrected chi connectivity index (χ0v) is 12.4. The van der Waals surface area contributed by atoms with Gasteiger partial charge in [0, 0.05) is 19.1 Å². The molecule has 106 valence electrons. The lowest BCUT2D eigenvalue weighted by Crippen LogP contribution is -2.43. The molecule has 0 amide bonds. The van der Waals surface area contributed by atoms with Gasteiger partial charge in [-0.1, -0.05) is 12.8 Å². The Balaban J connectivity index is 1.71. The smallest absolute Gasteiger partial charge is 0.211 e. The summed E-state index contributed by atoms with van der Waals surface area (Å²) in [7, 11) is -3.00. The van der Waals surface area contributed by atoms with E-state index in [-0.39, 0.29) is 0 Å². The first-order chi connectivity index (χ1) is 8.45. The van der Waals surface area contributed by atoms with Crippen LogP contribution in [0.4, 0.5) is 0 Å². The molecule has 1 saturated heterocycles. The van der Waals surface area contributed by atoms with Gasteiger partial charge in [-0.3, -0.25) is 0 Å². The molecule has 2 atom stereocenters. The van der Waals surface area contributed by atoms with Gasteiger partial charge >= 0.3 is 0 Å². The minimum atomic E-state index is -3.00. The van der Waals surface area contributed by atoms with Gasteiger partial charge in [0.15, 0.2) is 0 Å². The lowest BCUT2D eigenvalue weighted by atomic mass is 9.99. The predicted octanol–water partition coefficient (Wildman–Crippen LogP) is 1.44. The Morgan fingerprint density at radius 1 is 1.28 bits per heavy atom. The maximum Gasteiger partial charge on any atom is 0.211 e. The molecule has 0 aromatic carbocycles. The second-order valence-corrected chi connectivity index (χ2v) is 8.10. The summed E-state index contributed by atoms with van der Waals surface area (Å²) in [5.74, 6) is 1.43. The van der Waals surface area contributed by atoms with Crippen molar-refractivity contribution in [1.29, 1.82) is 0 Å². The molecule has 2 fully saturated rings. The Hall–Kier alpha value is -0.130. The van der Waals surface area contributed by atoms with Crippen molar-refractivity contribution in [3.8, 4) is 0 Å². The van der Waals surface area contributed by atoms with Crippen LogP contribution in [0.15, 0.2) is 0 Å². The topological polar surface area (TPSA) is 49.4 Å². The molecule has 1 saturated carbocycles. The third-order valence-electron chi connectivity index (χ3n) is 4.09. The molecule has 0 aromatic heterocycles. The van der Waals surface area contributed by atoms with Gasteiger partial charge in [-0.05, 0) is 44.6 Å². The molecule has 2 rings (SSSR count). The summed E-state index contributed by atoms with van der Waals surface area (Å²) < 4.78 is 24.7. The molecule has 18 heavy (non-hydrogen) atoms. The van der Waals surface area contributed by atoms with Gasteiger partial charge < -0.3 is 5.32 Å². The number of sulfonamides is 1. The molecule has 1 aliphatic heterocycles.